The molecule has 1 aliphatic rings. The molecule has 1 N–H and O–H groups in total. The zero-order valence-corrected chi connectivity index (χ0v) is 18.3. The number of ether oxygens (including phenoxy) is 1. The molecule has 0 spiro atoms. The fourth-order valence-corrected chi connectivity index (χ4v) is 4.16. The van der Waals surface area contributed by atoms with E-state index in [0.29, 0.717) is 34.2 Å². The Bertz CT molecular complexity index is 1110. The van der Waals surface area contributed by atoms with Crippen molar-refractivity contribution in [2.45, 2.75) is 12.8 Å². The maximum absolute atomic E-state index is 13.8. The van der Waals surface area contributed by atoms with Gasteiger partial charge in [0.15, 0.2) is 11.4 Å². The summed E-state index contributed by atoms with van der Waals surface area (Å²) in [5, 5.41) is 4.36. The number of hydrogen-bond donors (Lipinski definition) is 1. The van der Waals surface area contributed by atoms with Crippen molar-refractivity contribution in [2.24, 2.45) is 0 Å². The minimum Gasteiger partial charge on any atom is -0.486 e. The number of nitrogens with zero attached hydrogens (tertiary/aromatic N) is 2. The molecule has 4 rings (SSSR count). The summed E-state index contributed by atoms with van der Waals surface area (Å²) in [5.74, 6) is 0.577. The number of halogens is 3. The van der Waals surface area contributed by atoms with Crippen LogP contribution in [0, 0.1) is 5.82 Å². The lowest BCUT2D eigenvalue weighted by molar-refractivity contribution is 0.321. The first-order chi connectivity index (χ1) is 14.5. The molecule has 0 bridgehead atoms. The van der Waals surface area contributed by atoms with E-state index in [1.54, 1.807) is 19.5 Å². The Labute approximate surface area is 184 Å². The summed E-state index contributed by atoms with van der Waals surface area (Å²) in [7, 11) is 3.87. The molecule has 1 aliphatic heterocycles. The molecule has 0 radical (unpaired) electrons. The van der Waals surface area contributed by atoms with Gasteiger partial charge < -0.3 is 19.4 Å². The van der Waals surface area contributed by atoms with E-state index >= 15 is 0 Å². The summed E-state index contributed by atoms with van der Waals surface area (Å²) >= 11 is 12.2. The third-order valence-corrected chi connectivity index (χ3v) is 6.07. The van der Waals surface area contributed by atoms with E-state index in [4.69, 9.17) is 32.4 Å². The average Bonchev–Trinajstić information content (AvgIpc) is 3.18. The Hall–Kier alpha value is -2.28. The molecule has 30 heavy (non-hydrogen) atoms. The smallest absolute Gasteiger partial charge is 0.205 e. The average molecular weight is 450 g/mol. The molecule has 0 unspecified atom stereocenters. The van der Waals surface area contributed by atoms with Gasteiger partial charge >= 0.3 is 0 Å². The van der Waals surface area contributed by atoms with Crippen LogP contribution in [0.25, 0.3) is 16.5 Å². The highest BCUT2D eigenvalue weighted by molar-refractivity contribution is 6.36. The second-order valence-corrected chi connectivity index (χ2v) is 8.03. The number of aromatic nitrogens is 1. The van der Waals surface area contributed by atoms with Crippen LogP contribution >= 0.6 is 23.2 Å². The van der Waals surface area contributed by atoms with Gasteiger partial charge in [-0.15, -0.1) is 0 Å². The van der Waals surface area contributed by atoms with Crippen LogP contribution in [0.2, 0.25) is 10.0 Å². The second kappa shape index (κ2) is 8.84. The summed E-state index contributed by atoms with van der Waals surface area (Å²) in [6, 6.07) is 2.74. The van der Waals surface area contributed by atoms with Gasteiger partial charge in [-0.2, -0.15) is 0 Å². The van der Waals surface area contributed by atoms with Crippen LogP contribution in [0.5, 0.6) is 5.75 Å². The van der Waals surface area contributed by atoms with Crippen LogP contribution in [-0.2, 0) is 6.42 Å². The van der Waals surface area contributed by atoms with E-state index in [2.05, 4.69) is 28.3 Å². The van der Waals surface area contributed by atoms with Crippen LogP contribution in [-0.4, -0.2) is 43.7 Å². The summed E-state index contributed by atoms with van der Waals surface area (Å²) in [6.07, 6.45) is 7.07. The predicted molar refractivity (Wildman–Crippen MR) is 119 cm³/mol. The van der Waals surface area contributed by atoms with Gasteiger partial charge in [-0.25, -0.2) is 9.37 Å². The maximum atomic E-state index is 13.8. The molecule has 3 aromatic rings. The Morgan fingerprint density at radius 1 is 1.33 bits per heavy atom. The number of pyridine rings is 1. The van der Waals surface area contributed by atoms with Crippen molar-refractivity contribution in [1.29, 1.82) is 0 Å². The third-order valence-electron chi connectivity index (χ3n) is 5.31. The van der Waals surface area contributed by atoms with Gasteiger partial charge in [0, 0.05) is 43.3 Å². The van der Waals surface area contributed by atoms with Crippen LogP contribution in [0.4, 0.5) is 10.2 Å². The molecule has 3 heterocycles. The molecule has 2 aromatic heterocycles. The molecule has 5 nitrogen and oxygen atoms in total. The zero-order valence-electron chi connectivity index (χ0n) is 16.8. The number of rotatable bonds is 6. The molecular weight excluding hydrogens is 428 g/mol. The molecule has 0 saturated heterocycles. The first-order valence-corrected chi connectivity index (χ1v) is 10.5. The van der Waals surface area contributed by atoms with E-state index in [1.807, 2.05) is 0 Å². The van der Waals surface area contributed by atoms with Crippen LogP contribution in [0.15, 0.2) is 35.1 Å². The summed E-state index contributed by atoms with van der Waals surface area (Å²) in [6.45, 7) is 2.14. The highest BCUT2D eigenvalue weighted by Gasteiger charge is 2.20. The van der Waals surface area contributed by atoms with Crippen molar-refractivity contribution in [2.75, 3.05) is 39.1 Å². The molecule has 1 aromatic carbocycles. The van der Waals surface area contributed by atoms with Gasteiger partial charge in [-0.1, -0.05) is 29.3 Å². The van der Waals surface area contributed by atoms with Crippen molar-refractivity contribution < 1.29 is 13.5 Å². The molecule has 158 valence electrons. The van der Waals surface area contributed by atoms with Crippen molar-refractivity contribution in [3.8, 4) is 5.75 Å². The van der Waals surface area contributed by atoms with Gasteiger partial charge in [0.2, 0.25) is 5.75 Å². The molecule has 0 aliphatic carbocycles. The largest absolute Gasteiger partial charge is 0.486 e. The highest BCUT2D eigenvalue weighted by atomic mass is 35.5. The number of furan rings is 1. The van der Waals surface area contributed by atoms with E-state index < -0.39 is 5.82 Å². The summed E-state index contributed by atoms with van der Waals surface area (Å²) in [4.78, 5) is 6.76. The molecular formula is C22H22Cl2FN3O2. The number of nitrogens with one attached hydrogen (secondary N) is 1. The molecule has 0 saturated carbocycles. The Morgan fingerprint density at radius 2 is 2.17 bits per heavy atom. The van der Waals surface area contributed by atoms with Gasteiger partial charge in [-0.05, 0) is 36.7 Å². The van der Waals surface area contributed by atoms with Crippen molar-refractivity contribution in [1.82, 2.24) is 9.88 Å². The lowest BCUT2D eigenvalue weighted by Crippen LogP contribution is -2.23. The number of likely N-dealkylation sites (N-methyl/N-ethyl adjacent to an activating group) is 1. The Balaban J connectivity index is 1.61. The lowest BCUT2D eigenvalue weighted by atomic mass is 10.00. The summed E-state index contributed by atoms with van der Waals surface area (Å²) in [5.41, 5.74) is 3.42. The molecule has 0 atom stereocenters. The quantitative estimate of drug-likeness (QED) is 0.492. The number of hydrogen-bond acceptors (Lipinski definition) is 5. The lowest BCUT2D eigenvalue weighted by Gasteiger charge is -2.21. The van der Waals surface area contributed by atoms with Gasteiger partial charge in [0.25, 0.3) is 0 Å². The minimum absolute atomic E-state index is 0.0192. The first-order valence-electron chi connectivity index (χ1n) is 9.70. The fourth-order valence-electron chi connectivity index (χ4n) is 3.60. The van der Waals surface area contributed by atoms with Gasteiger partial charge in [0.1, 0.15) is 5.82 Å². The van der Waals surface area contributed by atoms with Crippen LogP contribution < -0.4 is 10.1 Å². The number of fused-ring (bicyclic) bond motifs is 1. The zero-order chi connectivity index (χ0) is 21.3. The van der Waals surface area contributed by atoms with E-state index in [1.165, 1.54) is 17.7 Å². The Morgan fingerprint density at radius 3 is 2.90 bits per heavy atom. The van der Waals surface area contributed by atoms with Crippen LogP contribution in [0.3, 0.4) is 0 Å². The second-order valence-electron chi connectivity index (χ2n) is 7.24. The maximum Gasteiger partial charge on any atom is 0.205 e. The van der Waals surface area contributed by atoms with Crippen molar-refractivity contribution in [3.05, 3.63) is 57.7 Å². The first kappa shape index (κ1) is 21.0. The topological polar surface area (TPSA) is 50.5 Å². The molecule has 0 fully saturated rings. The standard InChI is InChI=1S/C22H22Cl2FN3O2/c1-26-22-21(29-10-7-14-17(23)3-4-18(25)19(14)24)20-15(11-27-22)16(12-30-20)13-5-8-28(2)9-6-13/h3-5,11-12H,6-10H2,1-2H3,(H,26,27). The highest BCUT2D eigenvalue weighted by Crippen LogP contribution is 2.38. The molecule has 0 amide bonds. The Kier molecular flexibility index (Phi) is 6.18. The third kappa shape index (κ3) is 4.00. The van der Waals surface area contributed by atoms with E-state index in [0.717, 1.165) is 30.5 Å². The van der Waals surface area contributed by atoms with Gasteiger partial charge in [-0.3, -0.25) is 0 Å². The normalized spacial score (nSPS) is 14.8. The number of anilines is 1. The van der Waals surface area contributed by atoms with E-state index in [9.17, 15) is 4.39 Å². The number of benzene rings is 1. The fraction of sp³-hybridized carbons (Fsp3) is 0.318. The SMILES string of the molecule is CNc1ncc2c(C3=CCN(C)CC3)coc2c1OCCc1c(Cl)ccc(F)c1Cl. The molecule has 8 heteroatoms. The minimum atomic E-state index is -0.502. The van der Waals surface area contributed by atoms with Crippen molar-refractivity contribution >= 4 is 45.6 Å². The predicted octanol–water partition coefficient (Wildman–Crippen LogP) is 5.66. The van der Waals surface area contributed by atoms with Crippen LogP contribution in [0.1, 0.15) is 17.5 Å². The summed E-state index contributed by atoms with van der Waals surface area (Å²) < 4.78 is 25.7. The van der Waals surface area contributed by atoms with Crippen molar-refractivity contribution in [3.63, 3.8) is 0 Å². The van der Waals surface area contributed by atoms with Gasteiger partial charge in [0.05, 0.1) is 23.3 Å². The van der Waals surface area contributed by atoms with E-state index in [-0.39, 0.29) is 11.6 Å². The monoisotopic (exact) mass is 449 g/mol.